The Morgan fingerprint density at radius 1 is 1.56 bits per heavy atom. The van der Waals surface area contributed by atoms with Gasteiger partial charge in [-0.1, -0.05) is 11.3 Å². The second-order valence-electron chi connectivity index (χ2n) is 3.20. The van der Waals surface area contributed by atoms with Crippen LogP contribution in [0, 0.1) is 0 Å². The molecule has 2 rings (SSSR count). The van der Waals surface area contributed by atoms with E-state index in [0.717, 1.165) is 15.9 Å². The Morgan fingerprint density at radius 2 is 2.38 bits per heavy atom. The molecule has 0 bridgehead atoms. The van der Waals surface area contributed by atoms with Gasteiger partial charge in [-0.15, -0.1) is 0 Å². The number of thiazole rings is 1. The molecule has 1 aromatic heterocycles. The van der Waals surface area contributed by atoms with Gasteiger partial charge in [0, 0.05) is 6.54 Å². The van der Waals surface area contributed by atoms with Gasteiger partial charge in [-0.25, -0.2) is 4.98 Å². The van der Waals surface area contributed by atoms with Gasteiger partial charge < -0.3 is 20.9 Å². The van der Waals surface area contributed by atoms with Crippen LogP contribution < -0.4 is 15.8 Å². The Morgan fingerprint density at radius 3 is 3.06 bits per heavy atom. The van der Waals surface area contributed by atoms with Crippen LogP contribution in [0.2, 0.25) is 0 Å². The van der Waals surface area contributed by atoms with Crippen molar-refractivity contribution in [3.63, 3.8) is 0 Å². The SMILES string of the molecule is COc1ccc(NCCO)c2sc(N)nc12. The largest absolute Gasteiger partial charge is 0.494 e. The molecule has 86 valence electrons. The molecule has 0 aliphatic heterocycles. The first-order valence-corrected chi connectivity index (χ1v) is 5.65. The number of ether oxygens (including phenoxy) is 1. The lowest BCUT2D eigenvalue weighted by Crippen LogP contribution is -2.05. The minimum absolute atomic E-state index is 0.0851. The van der Waals surface area contributed by atoms with E-state index in [2.05, 4.69) is 10.3 Å². The van der Waals surface area contributed by atoms with Crippen LogP contribution in [-0.4, -0.2) is 30.4 Å². The molecule has 4 N–H and O–H groups in total. The summed E-state index contributed by atoms with van der Waals surface area (Å²) in [6.45, 7) is 0.584. The zero-order chi connectivity index (χ0) is 11.5. The number of nitrogen functional groups attached to an aromatic ring is 1. The van der Waals surface area contributed by atoms with Gasteiger partial charge in [0.25, 0.3) is 0 Å². The van der Waals surface area contributed by atoms with Crippen molar-refractivity contribution in [1.82, 2.24) is 4.98 Å². The molecule has 0 aliphatic carbocycles. The maximum absolute atomic E-state index is 8.78. The van der Waals surface area contributed by atoms with Crippen molar-refractivity contribution in [2.75, 3.05) is 31.3 Å². The second-order valence-corrected chi connectivity index (χ2v) is 4.23. The van der Waals surface area contributed by atoms with Crippen molar-refractivity contribution >= 4 is 32.4 Å². The number of benzene rings is 1. The molecule has 5 nitrogen and oxygen atoms in total. The fraction of sp³-hybridized carbons (Fsp3) is 0.300. The smallest absolute Gasteiger partial charge is 0.181 e. The Bertz CT molecular complexity index is 498. The van der Waals surface area contributed by atoms with Crippen LogP contribution in [0.5, 0.6) is 5.75 Å². The lowest BCUT2D eigenvalue weighted by Gasteiger charge is -2.07. The maximum Gasteiger partial charge on any atom is 0.181 e. The third-order valence-corrected chi connectivity index (χ3v) is 3.09. The van der Waals surface area contributed by atoms with E-state index in [-0.39, 0.29) is 6.61 Å². The van der Waals surface area contributed by atoms with E-state index < -0.39 is 0 Å². The molecule has 0 spiro atoms. The number of aliphatic hydroxyl groups is 1. The van der Waals surface area contributed by atoms with Crippen LogP contribution in [0.15, 0.2) is 12.1 Å². The Labute approximate surface area is 96.9 Å². The number of hydrogen-bond acceptors (Lipinski definition) is 6. The number of methoxy groups -OCH3 is 1. The Kier molecular flexibility index (Phi) is 3.12. The minimum Gasteiger partial charge on any atom is -0.494 e. The molecule has 0 saturated heterocycles. The molecule has 0 radical (unpaired) electrons. The summed E-state index contributed by atoms with van der Waals surface area (Å²) in [4.78, 5) is 4.22. The Balaban J connectivity index is 2.51. The topological polar surface area (TPSA) is 80.4 Å². The van der Waals surface area contributed by atoms with Gasteiger partial charge in [0.1, 0.15) is 11.3 Å². The molecule has 1 aromatic carbocycles. The monoisotopic (exact) mass is 239 g/mol. The van der Waals surface area contributed by atoms with Crippen LogP contribution in [0.3, 0.4) is 0 Å². The molecule has 0 amide bonds. The van der Waals surface area contributed by atoms with E-state index in [9.17, 15) is 0 Å². The standard InChI is InChI=1S/C10H13N3O2S/c1-15-7-3-2-6(12-4-5-14)9-8(7)13-10(11)16-9/h2-3,12,14H,4-5H2,1H3,(H2,11,13). The van der Waals surface area contributed by atoms with Crippen molar-refractivity contribution < 1.29 is 9.84 Å². The molecular weight excluding hydrogens is 226 g/mol. The zero-order valence-corrected chi connectivity index (χ0v) is 9.67. The van der Waals surface area contributed by atoms with E-state index in [1.807, 2.05) is 12.1 Å². The van der Waals surface area contributed by atoms with Gasteiger partial charge in [0.2, 0.25) is 0 Å². The summed E-state index contributed by atoms with van der Waals surface area (Å²) in [5.41, 5.74) is 7.36. The fourth-order valence-corrected chi connectivity index (χ4v) is 2.33. The van der Waals surface area contributed by atoms with Crippen LogP contribution in [0.25, 0.3) is 10.2 Å². The molecule has 0 aliphatic rings. The van der Waals surface area contributed by atoms with Gasteiger partial charge in [0.05, 0.1) is 24.1 Å². The van der Waals surface area contributed by atoms with Crippen molar-refractivity contribution in [3.8, 4) is 5.75 Å². The average Bonchev–Trinajstić information content (AvgIpc) is 2.67. The van der Waals surface area contributed by atoms with Gasteiger partial charge in [-0.05, 0) is 12.1 Å². The van der Waals surface area contributed by atoms with Crippen molar-refractivity contribution in [2.24, 2.45) is 0 Å². The van der Waals surface area contributed by atoms with Crippen LogP contribution >= 0.6 is 11.3 Å². The minimum atomic E-state index is 0.0851. The van der Waals surface area contributed by atoms with E-state index in [0.29, 0.717) is 17.4 Å². The lowest BCUT2D eigenvalue weighted by atomic mass is 10.2. The third kappa shape index (κ3) is 1.89. The number of nitrogens with two attached hydrogens (primary N) is 1. The number of anilines is 2. The van der Waals surface area contributed by atoms with Crippen molar-refractivity contribution in [3.05, 3.63) is 12.1 Å². The predicted octanol–water partition coefficient (Wildman–Crippen LogP) is 1.29. The summed E-state index contributed by atoms with van der Waals surface area (Å²) in [5.74, 6) is 0.706. The molecular formula is C10H13N3O2S. The molecule has 6 heteroatoms. The second kappa shape index (κ2) is 4.54. The molecule has 0 atom stereocenters. The van der Waals surface area contributed by atoms with Gasteiger partial charge in [0.15, 0.2) is 5.13 Å². The predicted molar refractivity (Wildman–Crippen MR) is 66.2 cm³/mol. The molecule has 1 heterocycles. The van der Waals surface area contributed by atoms with E-state index in [1.165, 1.54) is 11.3 Å². The summed E-state index contributed by atoms with van der Waals surface area (Å²) in [6.07, 6.45) is 0. The van der Waals surface area contributed by atoms with Gasteiger partial charge >= 0.3 is 0 Å². The average molecular weight is 239 g/mol. The molecule has 0 saturated carbocycles. The highest BCUT2D eigenvalue weighted by Crippen LogP contribution is 2.36. The number of nitrogens with one attached hydrogen (secondary N) is 1. The van der Waals surface area contributed by atoms with Gasteiger partial charge in [-0.3, -0.25) is 0 Å². The summed E-state index contributed by atoms with van der Waals surface area (Å²) < 4.78 is 6.16. The maximum atomic E-state index is 8.78. The third-order valence-electron chi connectivity index (χ3n) is 2.17. The number of fused-ring (bicyclic) bond motifs is 1. The quantitative estimate of drug-likeness (QED) is 0.749. The molecule has 2 aromatic rings. The summed E-state index contributed by atoms with van der Waals surface area (Å²) in [5, 5.41) is 12.4. The van der Waals surface area contributed by atoms with Crippen LogP contribution in [0.1, 0.15) is 0 Å². The Hall–Kier alpha value is -1.53. The summed E-state index contributed by atoms with van der Waals surface area (Å²) in [6, 6.07) is 3.73. The highest BCUT2D eigenvalue weighted by atomic mass is 32.1. The van der Waals surface area contributed by atoms with Crippen molar-refractivity contribution in [2.45, 2.75) is 0 Å². The van der Waals surface area contributed by atoms with E-state index in [4.69, 9.17) is 15.6 Å². The zero-order valence-electron chi connectivity index (χ0n) is 8.86. The molecule has 0 unspecified atom stereocenters. The lowest BCUT2D eigenvalue weighted by molar-refractivity contribution is 0.311. The van der Waals surface area contributed by atoms with Crippen LogP contribution in [-0.2, 0) is 0 Å². The normalized spacial score (nSPS) is 10.6. The molecule has 0 fully saturated rings. The first-order chi connectivity index (χ1) is 7.76. The number of rotatable bonds is 4. The van der Waals surface area contributed by atoms with Gasteiger partial charge in [-0.2, -0.15) is 0 Å². The van der Waals surface area contributed by atoms with E-state index >= 15 is 0 Å². The van der Waals surface area contributed by atoms with E-state index in [1.54, 1.807) is 7.11 Å². The fourth-order valence-electron chi connectivity index (χ4n) is 1.49. The van der Waals surface area contributed by atoms with Crippen molar-refractivity contribution in [1.29, 1.82) is 0 Å². The highest BCUT2D eigenvalue weighted by molar-refractivity contribution is 7.22. The van der Waals surface area contributed by atoms with Crippen LogP contribution in [0.4, 0.5) is 10.8 Å². The first-order valence-electron chi connectivity index (χ1n) is 4.84. The number of hydrogen-bond donors (Lipinski definition) is 3. The highest BCUT2D eigenvalue weighted by Gasteiger charge is 2.11. The number of aromatic nitrogens is 1. The number of aliphatic hydroxyl groups excluding tert-OH is 1. The summed E-state index contributed by atoms with van der Waals surface area (Å²) >= 11 is 1.40. The first kappa shape index (κ1) is 11.0. The summed E-state index contributed by atoms with van der Waals surface area (Å²) in [7, 11) is 1.60. The molecule has 16 heavy (non-hydrogen) atoms. The number of nitrogens with zero attached hydrogens (tertiary/aromatic N) is 1.